The number of furan rings is 1. The molecule has 7 aromatic heterocycles. The highest BCUT2D eigenvalue weighted by atomic mass is 32.1. The van der Waals surface area contributed by atoms with Crippen molar-refractivity contribution in [3.05, 3.63) is 350 Å². The summed E-state index contributed by atoms with van der Waals surface area (Å²) in [4.78, 5) is 1.38. The van der Waals surface area contributed by atoms with Gasteiger partial charge in [0.15, 0.2) is 11.7 Å². The predicted molar refractivity (Wildman–Crippen MR) is 455 cm³/mol. The molecule has 0 saturated heterocycles. The van der Waals surface area contributed by atoms with E-state index in [1.54, 1.807) is 0 Å². The molecule has 2 unspecified atom stereocenters. The highest BCUT2D eigenvalue weighted by molar-refractivity contribution is 7.27. The Morgan fingerprint density at radius 2 is 0.806 bits per heavy atom. The second-order valence-corrected chi connectivity index (χ2v) is 31.4. The molecule has 25 rings (SSSR count). The van der Waals surface area contributed by atoms with Gasteiger partial charge in [-0.25, -0.2) is 0 Å². The van der Waals surface area contributed by atoms with Crippen LogP contribution in [0, 0.1) is 0 Å². The Morgan fingerprint density at radius 3 is 1.52 bits per heavy atom. The molecule has 8 heterocycles. The summed E-state index contributed by atoms with van der Waals surface area (Å²) in [5.74, 6) is 1.06. The Bertz CT molecular complexity index is 7930. The first-order valence-corrected chi connectivity index (χ1v) is 38.7. The van der Waals surface area contributed by atoms with E-state index >= 15 is 0 Å². The maximum absolute atomic E-state index is 7.21. The van der Waals surface area contributed by atoms with E-state index in [1.807, 2.05) is 22.7 Å². The second-order valence-electron chi connectivity index (χ2n) is 29.3. The first-order valence-electron chi connectivity index (χ1n) is 37.1. The fourth-order valence-electron chi connectivity index (χ4n) is 19.0. The number of para-hydroxylation sites is 6. The number of rotatable bonds is 7. The minimum Gasteiger partial charge on any atom is -0.483 e. The van der Waals surface area contributed by atoms with E-state index < -0.39 is 0 Å². The molecular formula is C100H58N4O2S2. The van der Waals surface area contributed by atoms with E-state index in [4.69, 9.17) is 9.15 Å². The van der Waals surface area contributed by atoms with Crippen LogP contribution in [0.1, 0.15) is 21.9 Å². The Kier molecular flexibility index (Phi) is 12.0. The van der Waals surface area contributed by atoms with Crippen molar-refractivity contribution in [3.8, 4) is 56.2 Å². The van der Waals surface area contributed by atoms with Crippen molar-refractivity contribution in [1.82, 2.24) is 18.3 Å². The summed E-state index contributed by atoms with van der Waals surface area (Å²) in [6.07, 6.45) is 2.25. The lowest BCUT2D eigenvalue weighted by Crippen LogP contribution is -2.27. The zero-order valence-corrected chi connectivity index (χ0v) is 59.5. The standard InChI is InChI=1S/C100H58N4O2S2/c1-3-20-64(21-4-1)101-80-30-14-9-25-67(80)74-49-60(38-44-82(74)101)61-41-47-85-79(52-61)94-66-24-8-7-19-57(66)37-48-86(94)104(85)89-56-78-71-43-36-63(54-93(71)108-100(78)96-73-29-12-17-33-91(73)106-98(89)96)62-35-42-69-76-51-58(39-45-83(76)102(87(69)53-62)65-22-5-2-6-23-65)59-40-46-84-75(50-59)68-26-10-15-31-81(68)103(84)88-55-77-70-27-13-18-34-92(70)107-99(77)95-72-28-11-16-32-90(72)105-97(88)95/h1-56,95,97H. The van der Waals surface area contributed by atoms with Gasteiger partial charge in [0.1, 0.15) is 11.3 Å². The van der Waals surface area contributed by atoms with Crippen molar-refractivity contribution in [3.63, 3.8) is 0 Å². The molecule has 6 nitrogen and oxygen atoms in total. The van der Waals surface area contributed by atoms with E-state index in [0.717, 1.165) is 72.4 Å². The van der Waals surface area contributed by atoms with Crippen molar-refractivity contribution < 1.29 is 9.15 Å². The van der Waals surface area contributed by atoms with E-state index in [-0.39, 0.29) is 12.0 Å². The number of thiophene rings is 2. The molecule has 2 atom stereocenters. The molecule has 0 radical (unpaired) electrons. The van der Waals surface area contributed by atoms with Crippen LogP contribution in [0.4, 0.5) is 0 Å². The van der Waals surface area contributed by atoms with Crippen LogP contribution in [0.3, 0.4) is 0 Å². The number of aromatic nitrogens is 4. The van der Waals surface area contributed by atoms with Gasteiger partial charge in [-0.2, -0.15) is 0 Å². The van der Waals surface area contributed by atoms with Crippen LogP contribution < -0.4 is 4.74 Å². The quantitative estimate of drug-likeness (QED) is 0.160. The van der Waals surface area contributed by atoms with Gasteiger partial charge in [-0.15, -0.1) is 22.7 Å². The van der Waals surface area contributed by atoms with E-state index in [0.29, 0.717) is 0 Å². The largest absolute Gasteiger partial charge is 0.483 e. The Hall–Kier alpha value is -13.5. The summed E-state index contributed by atoms with van der Waals surface area (Å²) < 4.78 is 27.9. The number of hydrogen-bond donors (Lipinski definition) is 0. The molecule has 0 fully saturated rings. The second kappa shape index (κ2) is 22.0. The van der Waals surface area contributed by atoms with Gasteiger partial charge in [0.25, 0.3) is 0 Å². The molecule has 0 bridgehead atoms. The minimum absolute atomic E-state index is 0.0935. The molecule has 502 valence electrons. The van der Waals surface area contributed by atoms with E-state index in [2.05, 4.69) is 358 Å². The molecule has 2 aliphatic rings. The Balaban J connectivity index is 0.623. The number of ether oxygens (including phenoxy) is 1. The summed E-state index contributed by atoms with van der Waals surface area (Å²) in [5.41, 5.74) is 25.1. The van der Waals surface area contributed by atoms with Crippen molar-refractivity contribution in [2.75, 3.05) is 0 Å². The summed E-state index contributed by atoms with van der Waals surface area (Å²) in [6.45, 7) is 0. The van der Waals surface area contributed by atoms with Crippen LogP contribution in [0.5, 0.6) is 5.75 Å². The molecule has 1 aliphatic carbocycles. The van der Waals surface area contributed by atoms with Crippen LogP contribution in [0.25, 0.3) is 212 Å². The van der Waals surface area contributed by atoms with E-state index in [1.165, 1.54) is 156 Å². The normalized spacial score (nSPS) is 14.4. The lowest BCUT2D eigenvalue weighted by atomic mass is 9.85. The lowest BCUT2D eigenvalue weighted by Gasteiger charge is -2.28. The van der Waals surface area contributed by atoms with Gasteiger partial charge in [0, 0.05) is 106 Å². The molecule has 0 amide bonds. The van der Waals surface area contributed by atoms with Crippen LogP contribution in [-0.4, -0.2) is 24.4 Å². The maximum atomic E-state index is 7.21. The molecule has 0 saturated carbocycles. The van der Waals surface area contributed by atoms with Crippen molar-refractivity contribution >= 4 is 185 Å². The third-order valence-corrected chi connectivity index (χ3v) is 26.2. The average Bonchev–Trinajstić information content (AvgIpc) is 1.55. The van der Waals surface area contributed by atoms with Gasteiger partial charge in [-0.05, 0) is 183 Å². The molecule has 1 aliphatic heterocycles. The highest BCUT2D eigenvalue weighted by Gasteiger charge is 2.44. The number of benzene rings is 16. The first-order chi connectivity index (χ1) is 53.5. The molecule has 23 aromatic rings. The fourth-order valence-corrected chi connectivity index (χ4v) is 21.6. The monoisotopic (exact) mass is 1410 g/mol. The highest BCUT2D eigenvalue weighted by Crippen LogP contribution is 2.56. The van der Waals surface area contributed by atoms with Crippen molar-refractivity contribution in [2.45, 2.75) is 12.0 Å². The van der Waals surface area contributed by atoms with Crippen molar-refractivity contribution in [1.29, 1.82) is 0 Å². The molecule has 0 N–H and O–H groups in total. The van der Waals surface area contributed by atoms with Crippen LogP contribution >= 0.6 is 22.7 Å². The third-order valence-electron chi connectivity index (χ3n) is 23.7. The zero-order chi connectivity index (χ0) is 70.1. The Labute approximate surface area is 625 Å². The van der Waals surface area contributed by atoms with Crippen LogP contribution in [-0.2, 0) is 0 Å². The van der Waals surface area contributed by atoms with Gasteiger partial charge >= 0.3 is 0 Å². The molecular weight excluding hydrogens is 1350 g/mol. The SMILES string of the molecule is C1=C(n2c3ccccc3c3cc(-c4ccc5c(c4)c4ccc(-c6ccc7c(c6)sc6c7cc(-n7c8ccc(-c9ccc%10c(c9)c9ccccc9n%10-c9ccccc9)cc8c8c9ccccc9ccc87)c7oc8ccccc8c76)cc4n5-c4ccccc4)ccc32)C2Oc3ccccc3C2c2sc3ccccc3c21. The van der Waals surface area contributed by atoms with Gasteiger partial charge in [0.2, 0.25) is 0 Å². The van der Waals surface area contributed by atoms with Gasteiger partial charge in [0.05, 0.1) is 61.4 Å². The van der Waals surface area contributed by atoms with E-state index in [9.17, 15) is 0 Å². The minimum atomic E-state index is -0.177. The van der Waals surface area contributed by atoms with Gasteiger partial charge < -0.3 is 27.4 Å². The fraction of sp³-hybridized carbons (Fsp3) is 0.0200. The zero-order valence-electron chi connectivity index (χ0n) is 57.9. The number of fused-ring (bicyclic) bond motifs is 28. The predicted octanol–water partition coefficient (Wildman–Crippen LogP) is 27.6. The topological polar surface area (TPSA) is 42.1 Å². The molecule has 16 aromatic carbocycles. The lowest BCUT2D eigenvalue weighted by molar-refractivity contribution is 0.272. The molecule has 108 heavy (non-hydrogen) atoms. The summed E-state index contributed by atoms with van der Waals surface area (Å²) >= 11 is 3.78. The van der Waals surface area contributed by atoms with Crippen molar-refractivity contribution in [2.24, 2.45) is 0 Å². The molecule has 0 spiro atoms. The van der Waals surface area contributed by atoms with Gasteiger partial charge in [-0.1, -0.05) is 206 Å². The maximum Gasteiger partial charge on any atom is 0.160 e. The number of nitrogens with zero attached hydrogens (tertiary/aromatic N) is 4. The molecule has 8 heteroatoms. The third kappa shape index (κ3) is 8.19. The van der Waals surface area contributed by atoms with Crippen LogP contribution in [0.15, 0.2) is 338 Å². The first kappa shape index (κ1) is 58.8. The van der Waals surface area contributed by atoms with Crippen LogP contribution in [0.2, 0.25) is 0 Å². The smallest absolute Gasteiger partial charge is 0.160 e. The van der Waals surface area contributed by atoms with Gasteiger partial charge in [-0.3, -0.25) is 0 Å². The summed E-state index contributed by atoms with van der Waals surface area (Å²) in [7, 11) is 0. The number of hydrogen-bond acceptors (Lipinski definition) is 4. The summed E-state index contributed by atoms with van der Waals surface area (Å²) in [5, 5.41) is 18.2. The summed E-state index contributed by atoms with van der Waals surface area (Å²) in [6, 6.07) is 124. The Morgan fingerprint density at radius 1 is 0.296 bits per heavy atom. The average molecular weight is 1410 g/mol.